The Labute approximate surface area is 201 Å². The van der Waals surface area contributed by atoms with E-state index in [0.717, 1.165) is 0 Å². The first-order valence-electron chi connectivity index (χ1n) is 10.7. The molecule has 182 valence electrons. The molecular weight excluding hydrogens is 452 g/mol. The summed E-state index contributed by atoms with van der Waals surface area (Å²) in [5.74, 6) is 1.13. The van der Waals surface area contributed by atoms with Gasteiger partial charge in [-0.25, -0.2) is 9.97 Å². The van der Waals surface area contributed by atoms with E-state index in [9.17, 15) is 4.79 Å². The van der Waals surface area contributed by atoms with Crippen LogP contribution in [0.5, 0.6) is 17.2 Å². The van der Waals surface area contributed by atoms with Gasteiger partial charge in [-0.1, -0.05) is 12.1 Å². The number of anilines is 1. The van der Waals surface area contributed by atoms with E-state index in [1.54, 1.807) is 25.5 Å². The van der Waals surface area contributed by atoms with Gasteiger partial charge in [-0.05, 0) is 24.3 Å². The zero-order valence-corrected chi connectivity index (χ0v) is 19.9. The van der Waals surface area contributed by atoms with E-state index in [-0.39, 0.29) is 11.4 Å². The molecule has 0 saturated heterocycles. The van der Waals surface area contributed by atoms with Crippen LogP contribution >= 0.6 is 0 Å². The van der Waals surface area contributed by atoms with Gasteiger partial charge in [0.1, 0.15) is 16.9 Å². The van der Waals surface area contributed by atoms with Crippen LogP contribution in [0.3, 0.4) is 0 Å². The fourth-order valence-electron chi connectivity index (χ4n) is 3.64. The molecule has 0 aliphatic carbocycles. The lowest BCUT2D eigenvalue weighted by molar-refractivity contribution is 0.0939. The summed E-state index contributed by atoms with van der Waals surface area (Å²) in [4.78, 5) is 22.3. The minimum absolute atomic E-state index is 0.105. The van der Waals surface area contributed by atoms with Gasteiger partial charge >= 0.3 is 0 Å². The quantitative estimate of drug-likeness (QED) is 0.277. The minimum atomic E-state index is -0.393. The lowest BCUT2D eigenvalue weighted by Gasteiger charge is -2.12. The summed E-state index contributed by atoms with van der Waals surface area (Å²) in [6, 6.07) is 10.8. The van der Waals surface area contributed by atoms with Crippen molar-refractivity contribution in [2.45, 2.75) is 0 Å². The molecule has 4 rings (SSSR count). The van der Waals surface area contributed by atoms with Crippen molar-refractivity contribution in [2.75, 3.05) is 47.3 Å². The maximum atomic E-state index is 13.0. The fraction of sp³-hybridized carbons (Fsp3) is 0.250. The number of carbonyl (C=O) groups excluding carboxylic acids is 1. The summed E-state index contributed by atoms with van der Waals surface area (Å²) in [7, 11) is 6.15. The van der Waals surface area contributed by atoms with Gasteiger partial charge in [0.05, 0.1) is 45.2 Å². The smallest absolute Gasteiger partial charge is 0.257 e. The van der Waals surface area contributed by atoms with Gasteiger partial charge in [0.2, 0.25) is 5.75 Å². The van der Waals surface area contributed by atoms with Crippen LogP contribution in [0.15, 0.2) is 41.5 Å². The molecule has 35 heavy (non-hydrogen) atoms. The highest BCUT2D eigenvalue weighted by molar-refractivity contribution is 6.10. The van der Waals surface area contributed by atoms with Gasteiger partial charge in [0, 0.05) is 19.2 Å². The van der Waals surface area contributed by atoms with Gasteiger partial charge in [0.15, 0.2) is 17.1 Å². The number of fused-ring (bicyclic) bond motifs is 2. The lowest BCUT2D eigenvalue weighted by atomic mass is 10.2. The first kappa shape index (κ1) is 23.8. The van der Waals surface area contributed by atoms with Crippen LogP contribution in [0.25, 0.3) is 22.2 Å². The summed E-state index contributed by atoms with van der Waals surface area (Å²) in [6.07, 6.45) is 1.56. The topological polar surface area (TPSA) is 135 Å². The standard InChI is InChI=1S/C24H26N6O5/c1-32-10-9-26-24(31)19-20-23(29-16-8-6-5-7-15(16)28-20)30(22(19)25)27-13-14-11-17(33-2)21(35-4)18(12-14)34-3/h5-8,11-13H,9-10,25H2,1-4H3,(H,26,31). The van der Waals surface area contributed by atoms with Crippen molar-refractivity contribution in [3.8, 4) is 17.2 Å². The molecule has 0 bridgehead atoms. The minimum Gasteiger partial charge on any atom is -0.493 e. The molecule has 11 heteroatoms. The Morgan fingerprint density at radius 2 is 1.71 bits per heavy atom. The highest BCUT2D eigenvalue weighted by Crippen LogP contribution is 2.38. The van der Waals surface area contributed by atoms with E-state index >= 15 is 0 Å². The molecule has 0 fully saturated rings. The zero-order valence-electron chi connectivity index (χ0n) is 19.9. The second-order valence-corrected chi connectivity index (χ2v) is 7.41. The van der Waals surface area contributed by atoms with Crippen molar-refractivity contribution >= 4 is 40.1 Å². The van der Waals surface area contributed by atoms with Gasteiger partial charge in [-0.3, -0.25) is 4.79 Å². The number of hydrogen-bond acceptors (Lipinski definition) is 9. The van der Waals surface area contributed by atoms with E-state index in [1.807, 2.05) is 24.3 Å². The van der Waals surface area contributed by atoms with E-state index in [0.29, 0.717) is 58.2 Å². The molecule has 4 aromatic rings. The van der Waals surface area contributed by atoms with Crippen LogP contribution in [0.2, 0.25) is 0 Å². The number of ether oxygens (including phenoxy) is 4. The Balaban J connectivity index is 1.85. The number of nitrogens with zero attached hydrogens (tertiary/aromatic N) is 4. The monoisotopic (exact) mass is 478 g/mol. The molecule has 3 N–H and O–H groups in total. The fourth-order valence-corrected chi connectivity index (χ4v) is 3.64. The van der Waals surface area contributed by atoms with E-state index in [1.165, 1.54) is 26.0 Å². The predicted molar refractivity (Wildman–Crippen MR) is 133 cm³/mol. The normalized spacial score (nSPS) is 11.3. The van der Waals surface area contributed by atoms with Gasteiger partial charge in [-0.15, -0.1) is 0 Å². The lowest BCUT2D eigenvalue weighted by Crippen LogP contribution is -2.27. The van der Waals surface area contributed by atoms with E-state index < -0.39 is 5.91 Å². The van der Waals surface area contributed by atoms with Gasteiger partial charge in [-0.2, -0.15) is 9.78 Å². The summed E-state index contributed by atoms with van der Waals surface area (Å²) < 4.78 is 22.6. The van der Waals surface area contributed by atoms with E-state index in [2.05, 4.69) is 20.4 Å². The summed E-state index contributed by atoms with van der Waals surface area (Å²) >= 11 is 0. The van der Waals surface area contributed by atoms with Crippen molar-refractivity contribution < 1.29 is 23.7 Å². The van der Waals surface area contributed by atoms with Crippen LogP contribution in [-0.2, 0) is 4.74 Å². The maximum Gasteiger partial charge on any atom is 0.257 e. The first-order valence-corrected chi connectivity index (χ1v) is 10.7. The number of rotatable bonds is 9. The van der Waals surface area contributed by atoms with Crippen LogP contribution in [0, 0.1) is 0 Å². The van der Waals surface area contributed by atoms with Gasteiger partial charge < -0.3 is 30.0 Å². The molecule has 0 saturated carbocycles. The molecule has 2 aromatic carbocycles. The number of para-hydroxylation sites is 2. The third kappa shape index (κ3) is 4.53. The highest BCUT2D eigenvalue weighted by atomic mass is 16.5. The van der Waals surface area contributed by atoms with Crippen LogP contribution in [0.4, 0.5) is 5.82 Å². The van der Waals surface area contributed by atoms with Crippen molar-refractivity contribution in [1.29, 1.82) is 0 Å². The van der Waals surface area contributed by atoms with Crippen molar-refractivity contribution in [3.63, 3.8) is 0 Å². The molecular formula is C24H26N6O5. The maximum absolute atomic E-state index is 13.0. The second-order valence-electron chi connectivity index (χ2n) is 7.41. The first-order chi connectivity index (χ1) is 17.0. The predicted octanol–water partition coefficient (Wildman–Crippen LogP) is 2.45. The molecule has 0 unspecified atom stereocenters. The molecule has 2 heterocycles. The molecule has 0 spiro atoms. The molecule has 0 radical (unpaired) electrons. The Kier molecular flexibility index (Phi) is 6.97. The van der Waals surface area contributed by atoms with Crippen molar-refractivity contribution in [3.05, 3.63) is 47.5 Å². The molecule has 0 atom stereocenters. The number of nitrogen functional groups attached to an aromatic ring is 1. The SMILES string of the molecule is COCCNC(=O)c1c(N)n(N=Cc2cc(OC)c(OC)c(OC)c2)c2nc3ccccc3nc12. The average molecular weight is 479 g/mol. The number of amides is 1. The number of nitrogens with one attached hydrogen (secondary N) is 1. The van der Waals surface area contributed by atoms with Crippen LogP contribution in [-0.4, -0.2) is 68.4 Å². The Bertz CT molecular complexity index is 1390. The third-order valence-electron chi connectivity index (χ3n) is 5.30. The molecule has 1 amide bonds. The molecule has 0 aliphatic heterocycles. The van der Waals surface area contributed by atoms with E-state index in [4.69, 9.17) is 24.7 Å². The van der Waals surface area contributed by atoms with Crippen LogP contribution in [0.1, 0.15) is 15.9 Å². The molecule has 2 aromatic heterocycles. The number of benzene rings is 2. The van der Waals surface area contributed by atoms with Gasteiger partial charge in [0.25, 0.3) is 5.91 Å². The summed E-state index contributed by atoms with van der Waals surface area (Å²) in [5, 5.41) is 7.31. The second kappa shape index (κ2) is 10.3. The molecule has 0 aliphatic rings. The van der Waals surface area contributed by atoms with Crippen LogP contribution < -0.4 is 25.3 Å². The summed E-state index contributed by atoms with van der Waals surface area (Å²) in [5.41, 5.74) is 9.23. The Hall–Kier alpha value is -4.38. The zero-order chi connectivity index (χ0) is 24.9. The average Bonchev–Trinajstić information content (AvgIpc) is 3.15. The third-order valence-corrected chi connectivity index (χ3v) is 5.30. The number of carbonyl (C=O) groups is 1. The van der Waals surface area contributed by atoms with Crippen molar-refractivity contribution in [1.82, 2.24) is 20.0 Å². The number of nitrogens with two attached hydrogens (primary N) is 1. The number of methoxy groups -OCH3 is 4. The Morgan fingerprint density at radius 1 is 1.06 bits per heavy atom. The number of aromatic nitrogens is 3. The largest absolute Gasteiger partial charge is 0.493 e. The number of hydrogen-bond donors (Lipinski definition) is 2. The molecule has 11 nitrogen and oxygen atoms in total. The Morgan fingerprint density at radius 3 is 2.31 bits per heavy atom. The summed E-state index contributed by atoms with van der Waals surface area (Å²) in [6.45, 7) is 0.676. The van der Waals surface area contributed by atoms with Crippen molar-refractivity contribution in [2.24, 2.45) is 5.10 Å². The highest BCUT2D eigenvalue weighted by Gasteiger charge is 2.24.